The fourth-order valence-electron chi connectivity index (χ4n) is 1.34. The maximum Gasteiger partial charge on any atom is 0.297 e. The number of Topliss-reactive ketones (excluding diaryl/α,β-unsaturated/α-hetero) is 1. The maximum atomic E-state index is 11.3. The number of benzene rings is 1. The van der Waals surface area contributed by atoms with Crippen molar-refractivity contribution < 1.29 is 14.5 Å². The van der Waals surface area contributed by atoms with Crippen LogP contribution in [-0.2, 0) is 4.79 Å². The molecule has 0 atom stereocenters. The average Bonchev–Trinajstić information content (AvgIpc) is 2.43. The lowest BCUT2D eigenvalue weighted by Crippen LogP contribution is -2.12. The van der Waals surface area contributed by atoms with Crippen LogP contribution in [0.2, 0.25) is 0 Å². The predicted molar refractivity (Wildman–Crippen MR) is 53.8 cm³/mol. The van der Waals surface area contributed by atoms with Gasteiger partial charge in [-0.2, -0.15) is 0 Å². The normalized spacial score (nSPS) is 13.7. The third kappa shape index (κ3) is 1.40. The van der Waals surface area contributed by atoms with E-state index in [9.17, 15) is 19.7 Å². The zero-order valence-corrected chi connectivity index (χ0v) is 8.70. The lowest BCUT2D eigenvalue weighted by atomic mass is 10.1. The molecule has 1 aliphatic heterocycles. The maximum absolute atomic E-state index is 11.3. The number of amides is 1. The van der Waals surface area contributed by atoms with Gasteiger partial charge in [-0.3, -0.25) is 19.7 Å². The van der Waals surface area contributed by atoms with Crippen LogP contribution in [0.15, 0.2) is 16.6 Å². The molecular weight excluding hydrogens is 268 g/mol. The molecule has 76 valence electrons. The number of nitro groups is 1. The highest BCUT2D eigenvalue weighted by Crippen LogP contribution is 2.35. The molecule has 6 nitrogen and oxygen atoms in total. The van der Waals surface area contributed by atoms with Gasteiger partial charge in [-0.05, 0) is 6.07 Å². The van der Waals surface area contributed by atoms with Gasteiger partial charge in [0.2, 0.25) is 0 Å². The number of rotatable bonds is 1. The molecule has 1 aliphatic rings. The van der Waals surface area contributed by atoms with Gasteiger partial charge < -0.3 is 5.32 Å². The van der Waals surface area contributed by atoms with Crippen molar-refractivity contribution in [2.24, 2.45) is 0 Å². The van der Waals surface area contributed by atoms with Crippen LogP contribution >= 0.6 is 15.9 Å². The number of fused-ring (bicyclic) bond motifs is 1. The van der Waals surface area contributed by atoms with E-state index in [1.165, 1.54) is 12.1 Å². The van der Waals surface area contributed by atoms with Crippen molar-refractivity contribution in [3.05, 3.63) is 32.3 Å². The predicted octanol–water partition coefficient (Wildman–Crippen LogP) is 1.49. The number of ketones is 1. The molecule has 1 aromatic rings. The topological polar surface area (TPSA) is 89.3 Å². The van der Waals surface area contributed by atoms with E-state index in [0.717, 1.165) is 0 Å². The van der Waals surface area contributed by atoms with Crippen LogP contribution in [0.1, 0.15) is 10.4 Å². The first-order chi connectivity index (χ1) is 7.00. The minimum Gasteiger partial charge on any atom is -0.313 e. The average molecular weight is 271 g/mol. The van der Waals surface area contributed by atoms with Crippen LogP contribution in [-0.4, -0.2) is 16.6 Å². The molecular formula is C8H3BrN2O4. The van der Waals surface area contributed by atoms with E-state index in [1.807, 2.05) is 0 Å². The Morgan fingerprint density at radius 3 is 2.60 bits per heavy atom. The minimum atomic E-state index is -0.841. The van der Waals surface area contributed by atoms with Gasteiger partial charge >= 0.3 is 0 Å². The molecule has 1 N–H and O–H groups in total. The van der Waals surface area contributed by atoms with Crippen LogP contribution in [0, 0.1) is 10.1 Å². The zero-order valence-electron chi connectivity index (χ0n) is 7.11. The van der Waals surface area contributed by atoms with Crippen molar-refractivity contribution in [1.29, 1.82) is 0 Å². The second kappa shape index (κ2) is 3.13. The van der Waals surface area contributed by atoms with Crippen molar-refractivity contribution >= 4 is 39.0 Å². The molecule has 0 radical (unpaired) electrons. The lowest BCUT2D eigenvalue weighted by Gasteiger charge is -1.99. The number of hydrogen-bond acceptors (Lipinski definition) is 4. The molecule has 15 heavy (non-hydrogen) atoms. The number of halogens is 1. The largest absolute Gasteiger partial charge is 0.313 e. The summed E-state index contributed by atoms with van der Waals surface area (Å²) in [4.78, 5) is 32.3. The van der Waals surface area contributed by atoms with Gasteiger partial charge in [-0.25, -0.2) is 0 Å². The summed E-state index contributed by atoms with van der Waals surface area (Å²) in [6.45, 7) is 0. The molecule has 1 amide bonds. The number of carbonyl (C=O) groups is 2. The van der Waals surface area contributed by atoms with Crippen LogP contribution in [0.25, 0.3) is 0 Å². The summed E-state index contributed by atoms with van der Waals surface area (Å²) in [5, 5.41) is 12.8. The van der Waals surface area contributed by atoms with E-state index in [1.54, 1.807) is 0 Å². The number of hydrogen-bond donors (Lipinski definition) is 1. The molecule has 1 aromatic carbocycles. The number of nitro benzene ring substituents is 1. The molecule has 0 fully saturated rings. The fraction of sp³-hybridized carbons (Fsp3) is 0. The highest BCUT2D eigenvalue weighted by atomic mass is 79.9. The zero-order chi connectivity index (χ0) is 11.2. The van der Waals surface area contributed by atoms with Gasteiger partial charge in [0, 0.05) is 10.5 Å². The standard InChI is InChI=1S/C8H3BrN2O4/c9-3-1-4-6(5(2-3)11(14)15)10-8(13)7(4)12/h1-2H,(H,10,12,13). The number of nitrogens with zero attached hydrogens (tertiary/aromatic N) is 1. The van der Waals surface area contributed by atoms with E-state index in [4.69, 9.17) is 0 Å². The number of anilines is 1. The first-order valence-corrected chi connectivity index (χ1v) is 4.63. The van der Waals surface area contributed by atoms with E-state index >= 15 is 0 Å². The quantitative estimate of drug-likeness (QED) is 0.476. The van der Waals surface area contributed by atoms with Gasteiger partial charge in [0.1, 0.15) is 5.69 Å². The molecule has 1 heterocycles. The van der Waals surface area contributed by atoms with E-state index in [2.05, 4.69) is 21.2 Å². The summed E-state index contributed by atoms with van der Waals surface area (Å²) < 4.78 is 0.387. The Morgan fingerprint density at radius 1 is 1.33 bits per heavy atom. The molecule has 0 saturated heterocycles. The van der Waals surface area contributed by atoms with Gasteiger partial charge in [0.25, 0.3) is 17.4 Å². The molecule has 0 bridgehead atoms. The Labute approximate surface area is 91.5 Å². The Morgan fingerprint density at radius 2 is 2.00 bits per heavy atom. The van der Waals surface area contributed by atoms with Crippen molar-refractivity contribution in [3.63, 3.8) is 0 Å². The minimum absolute atomic E-state index is 0.0288. The van der Waals surface area contributed by atoms with Crippen LogP contribution in [0.3, 0.4) is 0 Å². The van der Waals surface area contributed by atoms with Crippen LogP contribution < -0.4 is 5.32 Å². The van der Waals surface area contributed by atoms with E-state index < -0.39 is 16.6 Å². The highest BCUT2D eigenvalue weighted by molar-refractivity contribution is 9.10. The fourth-order valence-corrected chi connectivity index (χ4v) is 1.79. The van der Waals surface area contributed by atoms with Gasteiger partial charge in [0.05, 0.1) is 10.5 Å². The van der Waals surface area contributed by atoms with Crippen molar-refractivity contribution in [2.45, 2.75) is 0 Å². The number of nitrogens with one attached hydrogen (secondary N) is 1. The van der Waals surface area contributed by atoms with E-state index in [0.29, 0.717) is 4.47 Å². The van der Waals surface area contributed by atoms with Crippen molar-refractivity contribution in [1.82, 2.24) is 0 Å². The second-order valence-electron chi connectivity index (χ2n) is 2.89. The lowest BCUT2D eigenvalue weighted by molar-refractivity contribution is -0.384. The molecule has 0 aliphatic carbocycles. The Bertz CT molecular complexity index is 512. The van der Waals surface area contributed by atoms with Crippen molar-refractivity contribution in [2.75, 3.05) is 5.32 Å². The van der Waals surface area contributed by atoms with Crippen LogP contribution in [0.4, 0.5) is 11.4 Å². The molecule has 0 aromatic heterocycles. The molecule has 0 saturated carbocycles. The number of carbonyl (C=O) groups excluding carboxylic acids is 2. The van der Waals surface area contributed by atoms with Gasteiger partial charge in [0.15, 0.2) is 0 Å². The molecule has 0 spiro atoms. The summed E-state index contributed by atoms with van der Waals surface area (Å²) in [6.07, 6.45) is 0. The Balaban J connectivity index is 2.73. The molecule has 2 rings (SSSR count). The summed E-state index contributed by atoms with van der Waals surface area (Å²) in [5.74, 6) is -1.60. The third-order valence-corrected chi connectivity index (χ3v) is 2.43. The summed E-state index contributed by atoms with van der Waals surface area (Å²) in [6, 6.07) is 2.61. The summed E-state index contributed by atoms with van der Waals surface area (Å²) in [5.41, 5.74) is -0.294. The summed E-state index contributed by atoms with van der Waals surface area (Å²) in [7, 11) is 0. The van der Waals surface area contributed by atoms with Gasteiger partial charge in [-0.15, -0.1) is 0 Å². The van der Waals surface area contributed by atoms with Gasteiger partial charge in [-0.1, -0.05) is 15.9 Å². The Hall–Kier alpha value is -1.76. The molecule has 7 heteroatoms. The highest BCUT2D eigenvalue weighted by Gasteiger charge is 2.34. The van der Waals surface area contributed by atoms with E-state index in [-0.39, 0.29) is 16.9 Å². The van der Waals surface area contributed by atoms with Crippen LogP contribution in [0.5, 0.6) is 0 Å². The first kappa shape index (κ1) is 9.78. The third-order valence-electron chi connectivity index (χ3n) is 1.97. The smallest absolute Gasteiger partial charge is 0.297 e. The SMILES string of the molecule is O=C1Nc2c(cc(Br)cc2[N+](=O)[O-])C1=O. The second-order valence-corrected chi connectivity index (χ2v) is 3.80. The molecule has 0 unspecified atom stereocenters. The summed E-state index contributed by atoms with van der Waals surface area (Å²) >= 11 is 3.04. The Kier molecular flexibility index (Phi) is 2.04. The first-order valence-electron chi connectivity index (χ1n) is 3.84. The monoisotopic (exact) mass is 270 g/mol. The van der Waals surface area contributed by atoms with Crippen molar-refractivity contribution in [3.8, 4) is 0 Å².